The Morgan fingerprint density at radius 3 is 1.00 bits per heavy atom. The van der Waals surface area contributed by atoms with Crippen LogP contribution in [0.2, 0.25) is 0 Å². The van der Waals surface area contributed by atoms with E-state index in [4.69, 9.17) is 19.5 Å². The Morgan fingerprint density at radius 1 is 0.426 bits per heavy atom. The van der Waals surface area contributed by atoms with Gasteiger partial charge in [-0.3, -0.25) is 0 Å². The first-order valence-corrected chi connectivity index (χ1v) is 17.7. The normalized spacial score (nSPS) is 17.7. The zero-order chi connectivity index (χ0) is 35.0. The third-order valence-corrected chi connectivity index (χ3v) is 10.2. The summed E-state index contributed by atoms with van der Waals surface area (Å²) in [6.45, 7) is 8.51. The second-order valence-corrected chi connectivity index (χ2v) is 14.0. The smallest absolute Gasteiger partial charge is 1.00 e. The Morgan fingerprint density at radius 2 is 0.722 bits per heavy atom. The maximum atomic E-state index is 7.31. The van der Waals surface area contributed by atoms with Crippen LogP contribution in [-0.4, -0.2) is 11.8 Å². The van der Waals surface area contributed by atoms with Crippen LogP contribution in [0, 0.1) is 27.7 Å². The average molecular weight is 885 g/mol. The summed E-state index contributed by atoms with van der Waals surface area (Å²) in [7, 11) is 0. The van der Waals surface area contributed by atoms with Crippen molar-refractivity contribution in [2.75, 3.05) is 0 Å². The molecular formula is C47H42Br2N2NiO2. The molecule has 2 heterocycles. The van der Waals surface area contributed by atoms with E-state index in [1.807, 2.05) is 12.1 Å². The van der Waals surface area contributed by atoms with Crippen molar-refractivity contribution in [3.05, 3.63) is 213 Å². The molecule has 0 fully saturated rings. The number of ether oxygens (including phenoxy) is 2. The van der Waals surface area contributed by atoms with E-state index in [0.717, 1.165) is 33.4 Å². The fourth-order valence-corrected chi connectivity index (χ4v) is 7.89. The van der Waals surface area contributed by atoms with Gasteiger partial charge in [-0.05, 0) is 38.8 Å². The molecule has 2 aliphatic heterocycles. The number of aryl methyl sites for hydroxylation is 4. The topological polar surface area (TPSA) is 43.2 Å². The molecule has 0 saturated carbocycles. The maximum absolute atomic E-state index is 7.31. The molecule has 0 N–H and O–H groups in total. The molecule has 8 rings (SSSR count). The largest absolute Gasteiger partial charge is 2.00 e. The van der Waals surface area contributed by atoms with Crippen molar-refractivity contribution in [3.8, 4) is 0 Å². The van der Waals surface area contributed by atoms with Crippen molar-refractivity contribution in [2.45, 2.75) is 57.4 Å². The number of hydrogen-bond donors (Lipinski definition) is 0. The van der Waals surface area contributed by atoms with Crippen LogP contribution in [0.1, 0.15) is 74.1 Å². The molecule has 0 aromatic heterocycles. The van der Waals surface area contributed by atoms with E-state index in [1.54, 1.807) is 0 Å². The molecule has 0 saturated heterocycles. The standard InChI is InChI=1S/C47H42N2O2.2BrH.Ni/c1-32-15-11-23-38(27-32)46(39-24-12-16-33(2)28-39)44(36-19-7-5-8-20-36)48-42(50-46)31-43-49-45(37-21-9-6-10-22-37)47(51-43,40-25-13-17-34(3)29-40)41-26-14-18-35(4)30-41;;;/h5-30,44-45H,31H2,1-4H3;2*1H;/q;;;+2/p-2/t44-,45-;;;/m1.../s1. The van der Waals surface area contributed by atoms with E-state index >= 15 is 0 Å². The Balaban J connectivity index is 0.00000187. The summed E-state index contributed by atoms with van der Waals surface area (Å²) in [5.41, 5.74) is 9.29. The Labute approximate surface area is 350 Å². The summed E-state index contributed by atoms with van der Waals surface area (Å²) in [6, 6.07) is 54.9. The second-order valence-electron chi connectivity index (χ2n) is 14.0. The minimum Gasteiger partial charge on any atom is -1.00 e. The molecule has 0 bridgehead atoms. The van der Waals surface area contributed by atoms with Crippen LogP contribution >= 0.6 is 0 Å². The fraction of sp³-hybridized carbons (Fsp3) is 0.191. The van der Waals surface area contributed by atoms with Gasteiger partial charge in [0.1, 0.15) is 12.1 Å². The summed E-state index contributed by atoms with van der Waals surface area (Å²) in [5.74, 6) is 1.20. The molecule has 0 amide bonds. The van der Waals surface area contributed by atoms with Crippen molar-refractivity contribution in [1.82, 2.24) is 0 Å². The Bertz CT molecular complexity index is 2020. The molecule has 6 aromatic carbocycles. The summed E-state index contributed by atoms with van der Waals surface area (Å²) in [6.07, 6.45) is 0.311. The monoisotopic (exact) mass is 882 g/mol. The molecule has 0 radical (unpaired) electrons. The van der Waals surface area contributed by atoms with Crippen LogP contribution < -0.4 is 34.0 Å². The van der Waals surface area contributed by atoms with Gasteiger partial charge in [-0.1, -0.05) is 180 Å². The molecule has 0 unspecified atom stereocenters. The van der Waals surface area contributed by atoms with Crippen molar-refractivity contribution in [1.29, 1.82) is 0 Å². The molecule has 2 aliphatic rings. The predicted molar refractivity (Wildman–Crippen MR) is 206 cm³/mol. The first kappa shape index (κ1) is 40.9. The summed E-state index contributed by atoms with van der Waals surface area (Å²) in [4.78, 5) is 10.9. The predicted octanol–water partition coefficient (Wildman–Crippen LogP) is 4.84. The van der Waals surface area contributed by atoms with Crippen LogP contribution in [0.15, 0.2) is 168 Å². The zero-order valence-corrected chi connectivity index (χ0v) is 34.8. The summed E-state index contributed by atoms with van der Waals surface area (Å²) < 4.78 is 14.6. The van der Waals surface area contributed by atoms with Crippen LogP contribution in [0.4, 0.5) is 0 Å². The molecule has 54 heavy (non-hydrogen) atoms. The average Bonchev–Trinajstić information content (AvgIpc) is 3.73. The fourth-order valence-electron chi connectivity index (χ4n) is 7.89. The van der Waals surface area contributed by atoms with Crippen molar-refractivity contribution < 1.29 is 59.9 Å². The van der Waals surface area contributed by atoms with Gasteiger partial charge in [-0.2, -0.15) is 0 Å². The number of halogens is 2. The van der Waals surface area contributed by atoms with Crippen LogP contribution in [-0.2, 0) is 37.2 Å². The number of rotatable bonds is 8. The molecule has 2 atom stereocenters. The van der Waals surface area contributed by atoms with Crippen LogP contribution in [0.25, 0.3) is 0 Å². The third-order valence-electron chi connectivity index (χ3n) is 10.2. The van der Waals surface area contributed by atoms with Gasteiger partial charge < -0.3 is 43.4 Å². The molecule has 0 spiro atoms. The maximum Gasteiger partial charge on any atom is 2.00 e. The van der Waals surface area contributed by atoms with Crippen LogP contribution in [0.5, 0.6) is 0 Å². The van der Waals surface area contributed by atoms with Crippen molar-refractivity contribution in [2.24, 2.45) is 9.98 Å². The Kier molecular flexibility index (Phi) is 12.9. The number of aliphatic imine (C=N–C) groups is 2. The molecule has 7 heteroatoms. The quantitative estimate of drug-likeness (QED) is 0.206. The van der Waals surface area contributed by atoms with E-state index in [-0.39, 0.29) is 62.5 Å². The first-order chi connectivity index (χ1) is 24.8. The van der Waals surface area contributed by atoms with E-state index in [9.17, 15) is 0 Å². The van der Waals surface area contributed by atoms with Gasteiger partial charge in [0.05, 0.1) is 6.42 Å². The molecule has 6 aromatic rings. The first-order valence-electron chi connectivity index (χ1n) is 17.7. The van der Waals surface area contributed by atoms with Gasteiger partial charge in [-0.25, -0.2) is 9.98 Å². The van der Waals surface area contributed by atoms with Gasteiger partial charge in [0, 0.05) is 22.3 Å². The Hall–Kier alpha value is -4.29. The zero-order valence-electron chi connectivity index (χ0n) is 30.7. The van der Waals surface area contributed by atoms with Gasteiger partial charge >= 0.3 is 16.5 Å². The van der Waals surface area contributed by atoms with Gasteiger partial charge in [-0.15, -0.1) is 0 Å². The van der Waals surface area contributed by atoms with Crippen molar-refractivity contribution in [3.63, 3.8) is 0 Å². The minimum atomic E-state index is -0.892. The number of nitrogens with zero attached hydrogens (tertiary/aromatic N) is 2. The van der Waals surface area contributed by atoms with E-state index < -0.39 is 11.2 Å². The van der Waals surface area contributed by atoms with Crippen LogP contribution in [0.3, 0.4) is 0 Å². The summed E-state index contributed by atoms with van der Waals surface area (Å²) >= 11 is 0. The van der Waals surface area contributed by atoms with Gasteiger partial charge in [0.25, 0.3) is 0 Å². The van der Waals surface area contributed by atoms with Gasteiger partial charge in [0.2, 0.25) is 0 Å². The molecule has 4 nitrogen and oxygen atoms in total. The molecule has 0 aliphatic carbocycles. The SMILES string of the molecule is Cc1cccc(C2(c3cccc(C)c3)OC(CC3=N[C@H](c4ccccc4)C(c4cccc(C)c4)(c4cccc(C)c4)O3)=N[C@@H]2c2ccccc2)c1.[Br-].[Br-].[Ni+2]. The van der Waals surface area contributed by atoms with E-state index in [1.165, 1.54) is 22.3 Å². The van der Waals surface area contributed by atoms with E-state index in [2.05, 4.69) is 173 Å². The summed E-state index contributed by atoms with van der Waals surface area (Å²) in [5, 5.41) is 0. The number of hydrogen-bond acceptors (Lipinski definition) is 4. The minimum absolute atomic E-state index is 0. The number of benzene rings is 6. The van der Waals surface area contributed by atoms with E-state index in [0.29, 0.717) is 18.2 Å². The van der Waals surface area contributed by atoms with Crippen molar-refractivity contribution >= 4 is 11.8 Å². The molecular weight excluding hydrogens is 843 g/mol. The third kappa shape index (κ3) is 7.51. The second kappa shape index (κ2) is 17.0. The van der Waals surface area contributed by atoms with Gasteiger partial charge in [0.15, 0.2) is 23.0 Å². The molecule has 276 valence electrons.